The zero-order chi connectivity index (χ0) is 10.4. The average Bonchev–Trinajstić information content (AvgIpc) is 2.56. The first kappa shape index (κ1) is 11.6. The van der Waals surface area contributed by atoms with Crippen LogP contribution >= 0.6 is 11.6 Å². The molecule has 0 spiro atoms. The quantitative estimate of drug-likeness (QED) is 0.738. The molecule has 14 heavy (non-hydrogen) atoms. The number of alkyl halides is 1. The highest BCUT2D eigenvalue weighted by Crippen LogP contribution is 1.90. The van der Waals surface area contributed by atoms with Gasteiger partial charge in [-0.25, -0.2) is 13.1 Å². The highest BCUT2D eigenvalue weighted by Gasteiger charge is 2.07. The van der Waals surface area contributed by atoms with E-state index in [0.29, 0.717) is 13.1 Å². The molecule has 1 heterocycles. The first-order chi connectivity index (χ1) is 6.64. The van der Waals surface area contributed by atoms with E-state index in [1.54, 1.807) is 0 Å². The summed E-state index contributed by atoms with van der Waals surface area (Å²) in [5, 5.41) is 0. The monoisotopic (exact) mass is 236 g/mol. The molecule has 1 rings (SSSR count). The zero-order valence-electron chi connectivity index (χ0n) is 7.69. The summed E-state index contributed by atoms with van der Waals surface area (Å²) in [4.78, 5) is 0. The normalized spacial score (nSPS) is 11.8. The maximum absolute atomic E-state index is 11.2. The van der Waals surface area contributed by atoms with Gasteiger partial charge < -0.3 is 4.57 Å². The number of nitrogens with zero attached hydrogens (tertiary/aromatic N) is 1. The second kappa shape index (κ2) is 5.38. The predicted molar refractivity (Wildman–Crippen MR) is 56.9 cm³/mol. The smallest absolute Gasteiger partial charge is 0.212 e. The number of sulfonamides is 1. The molecule has 0 bridgehead atoms. The molecule has 0 amide bonds. The van der Waals surface area contributed by atoms with Crippen molar-refractivity contribution in [3.8, 4) is 0 Å². The van der Waals surface area contributed by atoms with E-state index in [2.05, 4.69) is 4.72 Å². The van der Waals surface area contributed by atoms with Gasteiger partial charge in [-0.1, -0.05) is 0 Å². The second-order valence-corrected chi connectivity index (χ2v) is 5.13. The van der Waals surface area contributed by atoms with E-state index in [4.69, 9.17) is 11.6 Å². The van der Waals surface area contributed by atoms with Crippen molar-refractivity contribution in [3.05, 3.63) is 24.5 Å². The highest BCUT2D eigenvalue weighted by molar-refractivity contribution is 7.89. The Labute approximate surface area is 88.9 Å². The third-order valence-electron chi connectivity index (χ3n) is 1.70. The molecule has 6 heteroatoms. The van der Waals surface area contributed by atoms with Crippen LogP contribution in [0.2, 0.25) is 0 Å². The first-order valence-corrected chi connectivity index (χ1v) is 6.47. The molecule has 0 aliphatic rings. The van der Waals surface area contributed by atoms with Gasteiger partial charge in [0.2, 0.25) is 10.0 Å². The van der Waals surface area contributed by atoms with E-state index in [-0.39, 0.29) is 11.6 Å². The number of hydrogen-bond acceptors (Lipinski definition) is 2. The van der Waals surface area contributed by atoms with E-state index < -0.39 is 10.0 Å². The number of nitrogens with one attached hydrogen (secondary N) is 1. The van der Waals surface area contributed by atoms with Gasteiger partial charge in [-0.3, -0.25) is 0 Å². The molecular weight excluding hydrogens is 224 g/mol. The summed E-state index contributed by atoms with van der Waals surface area (Å²) in [6.45, 7) is 1.03. The number of hydrogen-bond donors (Lipinski definition) is 1. The fourth-order valence-electron chi connectivity index (χ4n) is 1.02. The molecule has 0 saturated carbocycles. The third kappa shape index (κ3) is 4.13. The fourth-order valence-corrected chi connectivity index (χ4v) is 2.38. The van der Waals surface area contributed by atoms with Crippen LogP contribution in [0, 0.1) is 0 Å². The van der Waals surface area contributed by atoms with Crippen LogP contribution in [0.1, 0.15) is 0 Å². The summed E-state index contributed by atoms with van der Waals surface area (Å²) in [7, 11) is -3.18. The van der Waals surface area contributed by atoms with Gasteiger partial charge in [-0.15, -0.1) is 11.6 Å². The van der Waals surface area contributed by atoms with Crippen molar-refractivity contribution in [1.82, 2.24) is 9.29 Å². The number of halogens is 1. The van der Waals surface area contributed by atoms with Gasteiger partial charge in [0.25, 0.3) is 0 Å². The molecule has 0 fully saturated rings. The van der Waals surface area contributed by atoms with Crippen LogP contribution in [0.25, 0.3) is 0 Å². The maximum Gasteiger partial charge on any atom is 0.212 e. The minimum atomic E-state index is -3.18. The molecule has 0 unspecified atom stereocenters. The van der Waals surface area contributed by atoms with Crippen LogP contribution in [-0.2, 0) is 16.6 Å². The van der Waals surface area contributed by atoms with E-state index in [1.807, 2.05) is 29.1 Å². The molecule has 1 N–H and O–H groups in total. The predicted octanol–water partition coefficient (Wildman–Crippen LogP) is 0.646. The molecule has 4 nitrogen and oxygen atoms in total. The van der Waals surface area contributed by atoms with Crippen LogP contribution in [0.3, 0.4) is 0 Å². The fraction of sp³-hybridized carbons (Fsp3) is 0.500. The Morgan fingerprint density at radius 2 is 1.93 bits per heavy atom. The molecule has 1 aromatic heterocycles. The van der Waals surface area contributed by atoms with Gasteiger partial charge in [0.15, 0.2) is 0 Å². The van der Waals surface area contributed by atoms with Crippen molar-refractivity contribution in [2.24, 2.45) is 0 Å². The molecule has 0 saturated heterocycles. The summed E-state index contributed by atoms with van der Waals surface area (Å²) in [5.74, 6) is 0.0963. The molecule has 0 aromatic carbocycles. The van der Waals surface area contributed by atoms with Crippen LogP contribution < -0.4 is 4.72 Å². The van der Waals surface area contributed by atoms with Crippen molar-refractivity contribution >= 4 is 21.6 Å². The second-order valence-electron chi connectivity index (χ2n) is 2.82. The molecule has 0 aliphatic heterocycles. The summed E-state index contributed by atoms with van der Waals surface area (Å²) in [6, 6.07) is 3.79. The molecule has 0 aliphatic carbocycles. The van der Waals surface area contributed by atoms with Crippen molar-refractivity contribution in [1.29, 1.82) is 0 Å². The summed E-state index contributed by atoms with van der Waals surface area (Å²) < 4.78 is 26.7. The lowest BCUT2D eigenvalue weighted by atomic mass is 10.6. The Morgan fingerprint density at radius 3 is 2.50 bits per heavy atom. The third-order valence-corrected chi connectivity index (χ3v) is 3.50. The minimum absolute atomic E-state index is 0.0275. The Kier molecular flexibility index (Phi) is 4.44. The van der Waals surface area contributed by atoms with Crippen LogP contribution in [0.5, 0.6) is 0 Å². The minimum Gasteiger partial charge on any atom is -0.353 e. The lowest BCUT2D eigenvalue weighted by molar-refractivity contribution is 0.574. The standard InChI is InChI=1S/C8H13ClN2O2S/c9-3-8-14(12,13)10-4-7-11-5-1-2-6-11/h1-2,5-6,10H,3-4,7-8H2. The van der Waals surface area contributed by atoms with Crippen molar-refractivity contribution < 1.29 is 8.42 Å². The Bertz CT molecular complexity index is 347. The largest absolute Gasteiger partial charge is 0.353 e. The summed E-state index contributed by atoms with van der Waals surface area (Å²) in [6.07, 6.45) is 3.77. The average molecular weight is 237 g/mol. The van der Waals surface area contributed by atoms with Gasteiger partial charge in [-0.2, -0.15) is 0 Å². The van der Waals surface area contributed by atoms with Gasteiger partial charge in [0, 0.05) is 31.4 Å². The van der Waals surface area contributed by atoms with Crippen LogP contribution in [0.15, 0.2) is 24.5 Å². The van der Waals surface area contributed by atoms with E-state index in [9.17, 15) is 8.42 Å². The molecular formula is C8H13ClN2O2S. The topological polar surface area (TPSA) is 51.1 Å². The van der Waals surface area contributed by atoms with E-state index in [0.717, 1.165) is 0 Å². The van der Waals surface area contributed by atoms with Gasteiger partial charge in [0.1, 0.15) is 0 Å². The van der Waals surface area contributed by atoms with E-state index >= 15 is 0 Å². The summed E-state index contributed by atoms with van der Waals surface area (Å²) in [5.41, 5.74) is 0. The lowest BCUT2D eigenvalue weighted by Gasteiger charge is -2.05. The van der Waals surface area contributed by atoms with Crippen molar-refractivity contribution in [3.63, 3.8) is 0 Å². The SMILES string of the molecule is O=S(=O)(CCCl)NCCn1cccc1. The Hall–Kier alpha value is -0.520. The number of rotatable bonds is 6. The lowest BCUT2D eigenvalue weighted by Crippen LogP contribution is -2.29. The first-order valence-electron chi connectivity index (χ1n) is 4.28. The number of aromatic nitrogens is 1. The Morgan fingerprint density at radius 1 is 1.29 bits per heavy atom. The zero-order valence-corrected chi connectivity index (χ0v) is 9.26. The highest BCUT2D eigenvalue weighted by atomic mass is 35.5. The Balaban J connectivity index is 2.28. The van der Waals surface area contributed by atoms with Gasteiger partial charge >= 0.3 is 0 Å². The molecule has 80 valence electrons. The van der Waals surface area contributed by atoms with Crippen LogP contribution in [0.4, 0.5) is 0 Å². The summed E-state index contributed by atoms with van der Waals surface area (Å²) >= 11 is 5.34. The van der Waals surface area contributed by atoms with Crippen LogP contribution in [-0.4, -0.2) is 31.2 Å². The molecule has 0 atom stereocenters. The van der Waals surface area contributed by atoms with Gasteiger partial charge in [0.05, 0.1) is 5.75 Å². The molecule has 0 radical (unpaired) electrons. The molecule has 1 aromatic rings. The van der Waals surface area contributed by atoms with Crippen molar-refractivity contribution in [2.75, 3.05) is 18.2 Å². The van der Waals surface area contributed by atoms with Gasteiger partial charge in [-0.05, 0) is 12.1 Å². The van der Waals surface area contributed by atoms with E-state index in [1.165, 1.54) is 0 Å². The maximum atomic E-state index is 11.2. The van der Waals surface area contributed by atoms with Crippen molar-refractivity contribution in [2.45, 2.75) is 6.54 Å².